The van der Waals surface area contributed by atoms with E-state index in [-0.39, 0.29) is 17.3 Å². The minimum absolute atomic E-state index is 0.204. The smallest absolute Gasteiger partial charge is 0.261 e. The number of rotatable bonds is 4. The SMILES string of the molecule is NC=C(C(=O)Nc1cc2c(cc1N1CCOCC1)OCCN2)c1ncccn1. The van der Waals surface area contributed by atoms with Crippen LogP contribution in [0.5, 0.6) is 5.75 Å². The van der Waals surface area contributed by atoms with Gasteiger partial charge in [-0.3, -0.25) is 4.79 Å². The zero-order valence-corrected chi connectivity index (χ0v) is 15.4. The van der Waals surface area contributed by atoms with Crippen LogP contribution in [0.25, 0.3) is 5.57 Å². The summed E-state index contributed by atoms with van der Waals surface area (Å²) in [6.45, 7) is 4.05. The first-order valence-corrected chi connectivity index (χ1v) is 9.14. The van der Waals surface area contributed by atoms with E-state index in [9.17, 15) is 4.79 Å². The molecule has 9 nitrogen and oxygen atoms in total. The lowest BCUT2D eigenvalue weighted by Gasteiger charge is -2.32. The maximum Gasteiger partial charge on any atom is 0.261 e. The second-order valence-corrected chi connectivity index (χ2v) is 6.35. The number of benzene rings is 1. The van der Waals surface area contributed by atoms with Crippen LogP contribution >= 0.6 is 0 Å². The van der Waals surface area contributed by atoms with Gasteiger partial charge in [-0.2, -0.15) is 0 Å². The molecule has 0 bridgehead atoms. The van der Waals surface area contributed by atoms with E-state index in [2.05, 4.69) is 25.5 Å². The van der Waals surface area contributed by atoms with Crippen LogP contribution in [0.2, 0.25) is 0 Å². The molecule has 0 atom stereocenters. The highest BCUT2D eigenvalue weighted by molar-refractivity contribution is 6.25. The lowest BCUT2D eigenvalue weighted by molar-refractivity contribution is -0.111. The van der Waals surface area contributed by atoms with Gasteiger partial charge in [0.2, 0.25) is 0 Å². The van der Waals surface area contributed by atoms with E-state index in [0.717, 1.165) is 30.2 Å². The Balaban J connectivity index is 1.66. The van der Waals surface area contributed by atoms with Crippen molar-refractivity contribution in [2.45, 2.75) is 0 Å². The van der Waals surface area contributed by atoms with Crippen molar-refractivity contribution in [3.63, 3.8) is 0 Å². The first-order valence-electron chi connectivity index (χ1n) is 9.14. The fourth-order valence-electron chi connectivity index (χ4n) is 3.22. The van der Waals surface area contributed by atoms with Gasteiger partial charge in [0.05, 0.1) is 35.8 Å². The van der Waals surface area contributed by atoms with Gasteiger partial charge in [0.1, 0.15) is 12.4 Å². The Bertz CT molecular complexity index is 881. The van der Waals surface area contributed by atoms with E-state index in [0.29, 0.717) is 32.1 Å². The lowest BCUT2D eigenvalue weighted by Crippen LogP contribution is -2.37. The van der Waals surface area contributed by atoms with Crippen molar-refractivity contribution < 1.29 is 14.3 Å². The summed E-state index contributed by atoms with van der Waals surface area (Å²) in [5.74, 6) is 0.668. The van der Waals surface area contributed by atoms with Gasteiger partial charge >= 0.3 is 0 Å². The van der Waals surface area contributed by atoms with Gasteiger partial charge in [0, 0.05) is 44.3 Å². The van der Waals surface area contributed by atoms with Crippen LogP contribution < -0.4 is 26.0 Å². The largest absolute Gasteiger partial charge is 0.490 e. The standard InChI is InChI=1S/C19H22N6O3/c20-12-13(18-22-2-1-3-23-18)19(26)24-14-10-15-17(28-7-4-21-15)11-16(14)25-5-8-27-9-6-25/h1-3,10-12,21H,4-9,20H2,(H,24,26). The highest BCUT2D eigenvalue weighted by Crippen LogP contribution is 2.39. The first-order chi connectivity index (χ1) is 13.8. The van der Waals surface area contributed by atoms with Gasteiger partial charge in [-0.25, -0.2) is 9.97 Å². The number of amides is 1. The molecule has 1 fully saturated rings. The van der Waals surface area contributed by atoms with Gasteiger partial charge in [-0.05, 0) is 12.1 Å². The summed E-state index contributed by atoms with van der Waals surface area (Å²) in [6.07, 6.45) is 4.36. The van der Waals surface area contributed by atoms with Gasteiger partial charge in [-0.15, -0.1) is 0 Å². The van der Waals surface area contributed by atoms with E-state index in [1.54, 1.807) is 18.5 Å². The van der Waals surface area contributed by atoms with Crippen molar-refractivity contribution in [3.05, 3.63) is 42.6 Å². The third kappa shape index (κ3) is 3.70. The molecule has 1 aromatic carbocycles. The summed E-state index contributed by atoms with van der Waals surface area (Å²) in [5.41, 5.74) is 8.28. The van der Waals surface area contributed by atoms with Gasteiger partial charge < -0.3 is 30.7 Å². The third-order valence-electron chi connectivity index (χ3n) is 4.59. The highest BCUT2D eigenvalue weighted by Gasteiger charge is 2.23. The number of nitrogens with two attached hydrogens (primary N) is 1. The molecular weight excluding hydrogens is 360 g/mol. The summed E-state index contributed by atoms with van der Waals surface area (Å²) in [7, 11) is 0. The van der Waals surface area contributed by atoms with Gasteiger partial charge in [0.15, 0.2) is 5.82 Å². The number of hydrogen-bond donors (Lipinski definition) is 3. The van der Waals surface area contributed by atoms with E-state index in [4.69, 9.17) is 15.2 Å². The van der Waals surface area contributed by atoms with Crippen molar-refractivity contribution in [2.24, 2.45) is 5.73 Å². The Hall–Kier alpha value is -3.33. The molecule has 146 valence electrons. The van der Waals surface area contributed by atoms with Crippen molar-refractivity contribution in [3.8, 4) is 5.75 Å². The van der Waals surface area contributed by atoms with Crippen LogP contribution in [0, 0.1) is 0 Å². The fourth-order valence-corrected chi connectivity index (χ4v) is 3.22. The summed E-state index contributed by atoms with van der Waals surface area (Å²) >= 11 is 0. The predicted molar refractivity (Wildman–Crippen MR) is 106 cm³/mol. The number of hydrogen-bond acceptors (Lipinski definition) is 8. The Morgan fingerprint density at radius 2 is 2.00 bits per heavy atom. The van der Waals surface area contributed by atoms with Crippen LogP contribution in [-0.4, -0.2) is 55.3 Å². The molecule has 4 N–H and O–H groups in total. The average molecular weight is 382 g/mol. The molecule has 0 radical (unpaired) electrons. The number of aromatic nitrogens is 2. The van der Waals surface area contributed by atoms with E-state index in [1.807, 2.05) is 12.1 Å². The Kier molecular flexibility index (Phi) is 5.24. The molecule has 0 aliphatic carbocycles. The number of carbonyl (C=O) groups excluding carboxylic acids is 1. The molecule has 4 rings (SSSR count). The quantitative estimate of drug-likeness (QED) is 0.673. The maximum atomic E-state index is 12.9. The number of nitrogens with zero attached hydrogens (tertiary/aromatic N) is 3. The van der Waals surface area contributed by atoms with Gasteiger partial charge in [-0.1, -0.05) is 0 Å². The Labute approximate surface area is 162 Å². The normalized spacial score (nSPS) is 16.6. The van der Waals surface area contributed by atoms with Crippen LogP contribution in [0.1, 0.15) is 5.82 Å². The Morgan fingerprint density at radius 1 is 1.21 bits per heavy atom. The van der Waals surface area contributed by atoms with Crippen molar-refractivity contribution >= 4 is 28.5 Å². The number of anilines is 3. The fraction of sp³-hybridized carbons (Fsp3) is 0.316. The summed E-state index contributed by atoms with van der Waals surface area (Å²) in [5, 5.41) is 6.26. The molecule has 1 aromatic heterocycles. The van der Waals surface area contributed by atoms with E-state index in [1.165, 1.54) is 6.20 Å². The van der Waals surface area contributed by atoms with Gasteiger partial charge in [0.25, 0.3) is 5.91 Å². The number of nitrogens with one attached hydrogen (secondary N) is 2. The number of fused-ring (bicyclic) bond motifs is 1. The van der Waals surface area contributed by atoms with Crippen molar-refractivity contribution in [1.29, 1.82) is 0 Å². The summed E-state index contributed by atoms with van der Waals surface area (Å²) in [6, 6.07) is 5.52. The summed E-state index contributed by atoms with van der Waals surface area (Å²) in [4.78, 5) is 23.3. The number of carbonyl (C=O) groups is 1. The van der Waals surface area contributed by atoms with Crippen LogP contribution in [-0.2, 0) is 9.53 Å². The zero-order valence-electron chi connectivity index (χ0n) is 15.4. The molecule has 28 heavy (non-hydrogen) atoms. The monoisotopic (exact) mass is 382 g/mol. The van der Waals surface area contributed by atoms with E-state index < -0.39 is 0 Å². The van der Waals surface area contributed by atoms with Crippen LogP contribution in [0.3, 0.4) is 0 Å². The number of morpholine rings is 1. The maximum absolute atomic E-state index is 12.9. The second kappa shape index (κ2) is 8.13. The van der Waals surface area contributed by atoms with Crippen molar-refractivity contribution in [2.75, 3.05) is 55.0 Å². The topological polar surface area (TPSA) is 115 Å². The van der Waals surface area contributed by atoms with Crippen LogP contribution in [0.4, 0.5) is 17.1 Å². The first kappa shape index (κ1) is 18.1. The molecular formula is C19H22N6O3. The molecule has 1 amide bonds. The molecule has 0 saturated carbocycles. The highest BCUT2D eigenvalue weighted by atomic mass is 16.5. The molecule has 1 saturated heterocycles. The minimum atomic E-state index is -0.375. The summed E-state index contributed by atoms with van der Waals surface area (Å²) < 4.78 is 11.2. The molecule has 3 heterocycles. The third-order valence-corrected chi connectivity index (χ3v) is 4.59. The molecule has 0 unspecified atom stereocenters. The zero-order chi connectivity index (χ0) is 19.3. The molecule has 2 aliphatic rings. The minimum Gasteiger partial charge on any atom is -0.490 e. The van der Waals surface area contributed by atoms with Crippen molar-refractivity contribution in [1.82, 2.24) is 9.97 Å². The van der Waals surface area contributed by atoms with Crippen LogP contribution in [0.15, 0.2) is 36.8 Å². The molecule has 0 spiro atoms. The lowest BCUT2D eigenvalue weighted by atomic mass is 10.1. The molecule has 2 aromatic rings. The average Bonchev–Trinajstić information content (AvgIpc) is 2.75. The molecule has 9 heteroatoms. The Morgan fingerprint density at radius 3 is 2.75 bits per heavy atom. The number of ether oxygens (including phenoxy) is 2. The predicted octanol–water partition coefficient (Wildman–Crippen LogP) is 1.06. The molecule has 2 aliphatic heterocycles. The van der Waals surface area contributed by atoms with E-state index >= 15 is 0 Å². The second-order valence-electron chi connectivity index (χ2n) is 6.35.